The number of carbonyl (C=O) groups excluding carboxylic acids is 1. The standard InChI is InChI=1S/C17H18N6O2/c24-17(15-10-21-23-7-1-5-19-16(15)23)22-8-9-25-14(11-22)3-2-13-4-6-18-12-20-13/h1,4-7,10,12,14H,2-3,8-9,11H2. The van der Waals surface area contributed by atoms with E-state index in [4.69, 9.17) is 4.74 Å². The van der Waals surface area contributed by atoms with Crippen LogP contribution in [0, 0.1) is 0 Å². The summed E-state index contributed by atoms with van der Waals surface area (Å²) in [4.78, 5) is 27.1. The topological polar surface area (TPSA) is 85.5 Å². The Kier molecular flexibility index (Phi) is 4.34. The van der Waals surface area contributed by atoms with E-state index in [2.05, 4.69) is 20.1 Å². The van der Waals surface area contributed by atoms with Gasteiger partial charge in [0.2, 0.25) is 0 Å². The van der Waals surface area contributed by atoms with Crippen LogP contribution in [0.2, 0.25) is 0 Å². The first kappa shape index (κ1) is 15.6. The Morgan fingerprint density at radius 1 is 1.32 bits per heavy atom. The van der Waals surface area contributed by atoms with Crippen LogP contribution in [0.3, 0.4) is 0 Å². The molecule has 1 atom stereocenters. The molecule has 25 heavy (non-hydrogen) atoms. The van der Waals surface area contributed by atoms with Crippen molar-refractivity contribution in [1.29, 1.82) is 0 Å². The lowest BCUT2D eigenvalue weighted by Crippen LogP contribution is -2.45. The molecular formula is C17H18N6O2. The Labute approximate surface area is 144 Å². The summed E-state index contributed by atoms with van der Waals surface area (Å²) in [6.45, 7) is 1.67. The average Bonchev–Trinajstić information content (AvgIpc) is 3.11. The predicted octanol–water partition coefficient (Wildman–Crippen LogP) is 0.993. The van der Waals surface area contributed by atoms with Gasteiger partial charge in [-0.2, -0.15) is 5.10 Å². The summed E-state index contributed by atoms with van der Waals surface area (Å²) in [5, 5.41) is 4.19. The SMILES string of the molecule is O=C(c1cnn2cccnc12)N1CCOC(CCc2ccncn2)C1. The third-order valence-corrected chi connectivity index (χ3v) is 4.30. The molecule has 0 bridgehead atoms. The maximum Gasteiger partial charge on any atom is 0.259 e. The zero-order valence-electron chi connectivity index (χ0n) is 13.7. The fourth-order valence-electron chi connectivity index (χ4n) is 3.00. The van der Waals surface area contributed by atoms with Gasteiger partial charge in [-0.05, 0) is 25.0 Å². The minimum Gasteiger partial charge on any atom is -0.375 e. The number of aromatic nitrogens is 5. The third-order valence-electron chi connectivity index (χ3n) is 4.30. The number of carbonyl (C=O) groups is 1. The Morgan fingerprint density at radius 2 is 2.28 bits per heavy atom. The van der Waals surface area contributed by atoms with Crippen LogP contribution >= 0.6 is 0 Å². The van der Waals surface area contributed by atoms with E-state index in [-0.39, 0.29) is 12.0 Å². The van der Waals surface area contributed by atoms with Crippen molar-refractivity contribution in [3.05, 3.63) is 54.5 Å². The van der Waals surface area contributed by atoms with Gasteiger partial charge in [-0.1, -0.05) is 0 Å². The van der Waals surface area contributed by atoms with Crippen LogP contribution in [0.25, 0.3) is 5.65 Å². The van der Waals surface area contributed by atoms with Gasteiger partial charge in [-0.15, -0.1) is 0 Å². The van der Waals surface area contributed by atoms with Crippen LogP contribution in [-0.4, -0.2) is 61.2 Å². The number of ether oxygens (including phenoxy) is 1. The van der Waals surface area contributed by atoms with Gasteiger partial charge in [0.1, 0.15) is 11.9 Å². The smallest absolute Gasteiger partial charge is 0.259 e. The molecule has 8 heteroatoms. The molecule has 1 fully saturated rings. The molecule has 0 saturated carbocycles. The molecule has 128 valence electrons. The van der Waals surface area contributed by atoms with E-state index in [1.54, 1.807) is 41.7 Å². The number of aryl methyl sites for hydroxylation is 1. The van der Waals surface area contributed by atoms with Gasteiger partial charge in [-0.3, -0.25) is 4.79 Å². The highest BCUT2D eigenvalue weighted by atomic mass is 16.5. The summed E-state index contributed by atoms with van der Waals surface area (Å²) < 4.78 is 7.42. The summed E-state index contributed by atoms with van der Waals surface area (Å²) >= 11 is 0. The average molecular weight is 338 g/mol. The lowest BCUT2D eigenvalue weighted by Gasteiger charge is -2.32. The number of nitrogens with zero attached hydrogens (tertiary/aromatic N) is 6. The van der Waals surface area contributed by atoms with Crippen molar-refractivity contribution in [1.82, 2.24) is 29.5 Å². The van der Waals surface area contributed by atoms with Crippen molar-refractivity contribution < 1.29 is 9.53 Å². The van der Waals surface area contributed by atoms with Crippen molar-refractivity contribution in [2.45, 2.75) is 18.9 Å². The molecule has 0 aromatic carbocycles. The number of hydrogen-bond acceptors (Lipinski definition) is 6. The van der Waals surface area contributed by atoms with Gasteiger partial charge in [0, 0.05) is 37.4 Å². The lowest BCUT2D eigenvalue weighted by molar-refractivity contribution is -0.0246. The highest BCUT2D eigenvalue weighted by Crippen LogP contribution is 2.16. The number of fused-ring (bicyclic) bond motifs is 1. The van der Waals surface area contributed by atoms with Gasteiger partial charge in [0.25, 0.3) is 5.91 Å². The Bertz CT molecular complexity index is 866. The van der Waals surface area contributed by atoms with E-state index in [0.29, 0.717) is 30.9 Å². The van der Waals surface area contributed by atoms with Crippen LogP contribution in [-0.2, 0) is 11.2 Å². The summed E-state index contributed by atoms with van der Waals surface area (Å²) in [5.41, 5.74) is 2.09. The van der Waals surface area contributed by atoms with Gasteiger partial charge < -0.3 is 9.64 Å². The summed E-state index contributed by atoms with van der Waals surface area (Å²) in [7, 11) is 0. The molecular weight excluding hydrogens is 320 g/mol. The lowest BCUT2D eigenvalue weighted by atomic mass is 10.1. The van der Waals surface area contributed by atoms with E-state index < -0.39 is 0 Å². The number of rotatable bonds is 4. The van der Waals surface area contributed by atoms with Crippen LogP contribution in [0.4, 0.5) is 0 Å². The molecule has 4 heterocycles. The molecule has 1 aliphatic rings. The van der Waals surface area contributed by atoms with Gasteiger partial charge in [-0.25, -0.2) is 19.5 Å². The Morgan fingerprint density at radius 3 is 3.16 bits per heavy atom. The Balaban J connectivity index is 1.43. The maximum atomic E-state index is 12.9. The van der Waals surface area contributed by atoms with Crippen LogP contribution in [0.5, 0.6) is 0 Å². The Hall–Kier alpha value is -2.87. The van der Waals surface area contributed by atoms with Crippen molar-refractivity contribution >= 4 is 11.6 Å². The monoisotopic (exact) mass is 338 g/mol. The molecule has 3 aromatic heterocycles. The maximum absolute atomic E-state index is 12.9. The van der Waals surface area contributed by atoms with E-state index in [9.17, 15) is 4.79 Å². The van der Waals surface area contributed by atoms with Crippen molar-refractivity contribution in [3.8, 4) is 0 Å². The normalized spacial score (nSPS) is 17.8. The minimum absolute atomic E-state index is 0.00228. The van der Waals surface area contributed by atoms with Gasteiger partial charge in [0.15, 0.2) is 5.65 Å². The molecule has 8 nitrogen and oxygen atoms in total. The largest absolute Gasteiger partial charge is 0.375 e. The van der Waals surface area contributed by atoms with Crippen LogP contribution in [0.1, 0.15) is 22.5 Å². The minimum atomic E-state index is -0.0518. The third kappa shape index (κ3) is 3.34. The predicted molar refractivity (Wildman–Crippen MR) is 89.0 cm³/mol. The van der Waals surface area contributed by atoms with E-state index in [1.165, 1.54) is 0 Å². The van der Waals surface area contributed by atoms with Crippen molar-refractivity contribution in [3.63, 3.8) is 0 Å². The second kappa shape index (κ2) is 6.94. The molecule has 1 saturated heterocycles. The van der Waals surface area contributed by atoms with Crippen molar-refractivity contribution in [2.75, 3.05) is 19.7 Å². The number of hydrogen-bond donors (Lipinski definition) is 0. The highest BCUT2D eigenvalue weighted by molar-refractivity contribution is 5.99. The van der Waals surface area contributed by atoms with E-state index >= 15 is 0 Å². The van der Waals surface area contributed by atoms with Crippen molar-refractivity contribution in [2.24, 2.45) is 0 Å². The molecule has 1 aliphatic heterocycles. The first-order valence-electron chi connectivity index (χ1n) is 8.25. The van der Waals surface area contributed by atoms with Gasteiger partial charge in [0.05, 0.1) is 18.9 Å². The van der Waals surface area contributed by atoms with Gasteiger partial charge >= 0.3 is 0 Å². The molecule has 0 radical (unpaired) electrons. The fourth-order valence-corrected chi connectivity index (χ4v) is 3.00. The highest BCUT2D eigenvalue weighted by Gasteiger charge is 2.27. The van der Waals surface area contributed by atoms with E-state index in [0.717, 1.165) is 18.5 Å². The quantitative estimate of drug-likeness (QED) is 0.705. The molecule has 0 N–H and O–H groups in total. The first-order valence-corrected chi connectivity index (χ1v) is 8.25. The fraction of sp³-hybridized carbons (Fsp3) is 0.353. The first-order chi connectivity index (χ1) is 12.3. The molecule has 0 spiro atoms. The second-order valence-corrected chi connectivity index (χ2v) is 5.93. The molecule has 4 rings (SSSR count). The molecule has 1 amide bonds. The molecule has 3 aromatic rings. The van der Waals surface area contributed by atoms with Crippen LogP contribution < -0.4 is 0 Å². The zero-order valence-corrected chi connectivity index (χ0v) is 13.7. The number of amides is 1. The number of morpholine rings is 1. The summed E-state index contributed by atoms with van der Waals surface area (Å²) in [5.74, 6) is -0.0518. The second-order valence-electron chi connectivity index (χ2n) is 5.93. The van der Waals surface area contributed by atoms with E-state index in [1.807, 2.05) is 11.0 Å². The summed E-state index contributed by atoms with van der Waals surface area (Å²) in [6.07, 6.45) is 9.92. The zero-order chi connectivity index (χ0) is 17.1. The molecule has 1 unspecified atom stereocenters. The molecule has 0 aliphatic carbocycles. The van der Waals surface area contributed by atoms with Crippen LogP contribution in [0.15, 0.2) is 43.2 Å². The summed E-state index contributed by atoms with van der Waals surface area (Å²) in [6, 6.07) is 3.68.